The highest BCUT2D eigenvalue weighted by Crippen LogP contribution is 2.25. The van der Waals surface area contributed by atoms with E-state index in [1.807, 2.05) is 13.1 Å². The van der Waals surface area contributed by atoms with Crippen LogP contribution in [0, 0.1) is 0 Å². The molecule has 2 nitrogen and oxygen atoms in total. The Morgan fingerprint density at radius 3 is 2.71 bits per heavy atom. The standard InChI is InChI=1S/C14H17BrN2/c1-9(2)14-6-10(8-16-3)12-7-11(15)4-5-13(12)17-14/h4-7,9,16H,8H2,1-3H3. The van der Waals surface area contributed by atoms with Crippen molar-refractivity contribution in [3.8, 4) is 0 Å². The second-order valence-electron chi connectivity index (χ2n) is 4.55. The van der Waals surface area contributed by atoms with Crippen LogP contribution in [0.15, 0.2) is 28.7 Å². The number of halogens is 1. The van der Waals surface area contributed by atoms with E-state index in [0.29, 0.717) is 5.92 Å². The summed E-state index contributed by atoms with van der Waals surface area (Å²) in [5.74, 6) is 0.457. The number of pyridine rings is 1. The normalized spacial score (nSPS) is 11.4. The highest BCUT2D eigenvalue weighted by Gasteiger charge is 2.08. The third-order valence-electron chi connectivity index (χ3n) is 2.83. The minimum atomic E-state index is 0.457. The summed E-state index contributed by atoms with van der Waals surface area (Å²) >= 11 is 3.52. The maximum absolute atomic E-state index is 4.71. The average molecular weight is 293 g/mol. The van der Waals surface area contributed by atoms with Gasteiger partial charge >= 0.3 is 0 Å². The van der Waals surface area contributed by atoms with Gasteiger partial charge in [-0.15, -0.1) is 0 Å². The van der Waals surface area contributed by atoms with Crippen LogP contribution in [0.1, 0.15) is 31.0 Å². The number of fused-ring (bicyclic) bond motifs is 1. The lowest BCUT2D eigenvalue weighted by molar-refractivity contribution is 0.798. The van der Waals surface area contributed by atoms with Crippen molar-refractivity contribution in [2.45, 2.75) is 26.3 Å². The molecule has 90 valence electrons. The topological polar surface area (TPSA) is 24.9 Å². The van der Waals surface area contributed by atoms with Gasteiger partial charge in [0, 0.05) is 22.1 Å². The molecule has 2 aromatic rings. The zero-order valence-corrected chi connectivity index (χ0v) is 12.0. The number of nitrogens with one attached hydrogen (secondary N) is 1. The van der Waals surface area contributed by atoms with Gasteiger partial charge in [0.15, 0.2) is 0 Å². The molecule has 1 aromatic carbocycles. The van der Waals surface area contributed by atoms with Gasteiger partial charge in [-0.1, -0.05) is 29.8 Å². The molecule has 0 fully saturated rings. The first kappa shape index (κ1) is 12.5. The molecule has 17 heavy (non-hydrogen) atoms. The van der Waals surface area contributed by atoms with Crippen LogP contribution in [-0.2, 0) is 6.54 Å². The Bertz CT molecular complexity index is 535. The van der Waals surface area contributed by atoms with Gasteiger partial charge in [-0.3, -0.25) is 4.98 Å². The SMILES string of the molecule is CNCc1cc(C(C)C)nc2ccc(Br)cc12. The molecule has 0 saturated heterocycles. The highest BCUT2D eigenvalue weighted by molar-refractivity contribution is 9.10. The summed E-state index contributed by atoms with van der Waals surface area (Å²) in [5, 5.41) is 4.44. The molecule has 0 aliphatic rings. The Morgan fingerprint density at radius 2 is 2.06 bits per heavy atom. The van der Waals surface area contributed by atoms with E-state index in [2.05, 4.69) is 53.3 Å². The minimum Gasteiger partial charge on any atom is -0.316 e. The van der Waals surface area contributed by atoms with Crippen LogP contribution < -0.4 is 5.32 Å². The van der Waals surface area contributed by atoms with Crippen molar-refractivity contribution < 1.29 is 0 Å². The van der Waals surface area contributed by atoms with Crippen LogP contribution in [0.2, 0.25) is 0 Å². The first-order valence-corrected chi connectivity index (χ1v) is 6.65. The van der Waals surface area contributed by atoms with Crippen LogP contribution in [0.25, 0.3) is 10.9 Å². The molecule has 0 unspecified atom stereocenters. The van der Waals surface area contributed by atoms with Crippen molar-refractivity contribution in [2.24, 2.45) is 0 Å². The summed E-state index contributed by atoms with van der Waals surface area (Å²) in [6.07, 6.45) is 0. The molecule has 3 heteroatoms. The predicted octanol–water partition coefficient (Wildman–Crippen LogP) is 3.84. The number of rotatable bonds is 3. The molecule has 0 spiro atoms. The molecular weight excluding hydrogens is 276 g/mol. The fourth-order valence-electron chi connectivity index (χ4n) is 1.92. The molecule has 0 amide bonds. The van der Waals surface area contributed by atoms with Crippen LogP contribution in [0.4, 0.5) is 0 Å². The lowest BCUT2D eigenvalue weighted by Crippen LogP contribution is -2.07. The zero-order chi connectivity index (χ0) is 12.4. The molecule has 1 N–H and O–H groups in total. The number of benzene rings is 1. The summed E-state index contributed by atoms with van der Waals surface area (Å²) in [6.45, 7) is 5.22. The van der Waals surface area contributed by atoms with E-state index in [1.54, 1.807) is 0 Å². The molecule has 0 saturated carbocycles. The smallest absolute Gasteiger partial charge is 0.0709 e. The Labute approximate surface area is 111 Å². The minimum absolute atomic E-state index is 0.457. The lowest BCUT2D eigenvalue weighted by atomic mass is 10.0. The van der Waals surface area contributed by atoms with Crippen molar-refractivity contribution >= 4 is 26.8 Å². The Hall–Kier alpha value is -0.930. The Balaban J connectivity index is 2.67. The molecule has 0 aliphatic carbocycles. The molecule has 1 aromatic heterocycles. The van der Waals surface area contributed by atoms with E-state index in [1.165, 1.54) is 10.9 Å². The van der Waals surface area contributed by atoms with Crippen LogP contribution in [0.3, 0.4) is 0 Å². The summed E-state index contributed by atoms with van der Waals surface area (Å²) in [5.41, 5.74) is 3.54. The van der Waals surface area contributed by atoms with E-state index in [-0.39, 0.29) is 0 Å². The maximum Gasteiger partial charge on any atom is 0.0709 e. The predicted molar refractivity (Wildman–Crippen MR) is 76.3 cm³/mol. The highest BCUT2D eigenvalue weighted by atomic mass is 79.9. The van der Waals surface area contributed by atoms with Crippen molar-refractivity contribution in [3.63, 3.8) is 0 Å². The zero-order valence-electron chi connectivity index (χ0n) is 10.4. The summed E-state index contributed by atoms with van der Waals surface area (Å²) in [6, 6.07) is 8.46. The van der Waals surface area contributed by atoms with Gasteiger partial charge in [0.05, 0.1) is 5.52 Å². The van der Waals surface area contributed by atoms with Crippen molar-refractivity contribution in [1.29, 1.82) is 0 Å². The summed E-state index contributed by atoms with van der Waals surface area (Å²) in [4.78, 5) is 4.71. The van der Waals surface area contributed by atoms with E-state index in [4.69, 9.17) is 4.98 Å². The Kier molecular flexibility index (Phi) is 3.79. The molecule has 0 bridgehead atoms. The molecule has 0 radical (unpaired) electrons. The van der Waals surface area contributed by atoms with Gasteiger partial charge in [0.25, 0.3) is 0 Å². The fourth-order valence-corrected chi connectivity index (χ4v) is 2.28. The van der Waals surface area contributed by atoms with E-state index < -0.39 is 0 Å². The monoisotopic (exact) mass is 292 g/mol. The van der Waals surface area contributed by atoms with Crippen molar-refractivity contribution in [3.05, 3.63) is 40.0 Å². The van der Waals surface area contributed by atoms with Gasteiger partial charge in [-0.25, -0.2) is 0 Å². The second-order valence-corrected chi connectivity index (χ2v) is 5.47. The van der Waals surface area contributed by atoms with Gasteiger partial charge in [-0.05, 0) is 42.8 Å². The molecule has 0 atom stereocenters. The quantitative estimate of drug-likeness (QED) is 0.930. The van der Waals surface area contributed by atoms with Crippen LogP contribution in [-0.4, -0.2) is 12.0 Å². The summed E-state index contributed by atoms with van der Waals surface area (Å²) in [7, 11) is 1.97. The average Bonchev–Trinajstić information content (AvgIpc) is 2.29. The largest absolute Gasteiger partial charge is 0.316 e. The summed E-state index contributed by atoms with van der Waals surface area (Å²) < 4.78 is 1.10. The van der Waals surface area contributed by atoms with Gasteiger partial charge in [0.2, 0.25) is 0 Å². The Morgan fingerprint density at radius 1 is 1.29 bits per heavy atom. The molecule has 1 heterocycles. The molecule has 2 rings (SSSR count). The van der Waals surface area contributed by atoms with Crippen LogP contribution in [0.5, 0.6) is 0 Å². The van der Waals surface area contributed by atoms with E-state index in [0.717, 1.165) is 22.2 Å². The third-order valence-corrected chi connectivity index (χ3v) is 3.33. The fraction of sp³-hybridized carbons (Fsp3) is 0.357. The van der Waals surface area contributed by atoms with Gasteiger partial charge < -0.3 is 5.32 Å². The van der Waals surface area contributed by atoms with Gasteiger partial charge in [0.1, 0.15) is 0 Å². The van der Waals surface area contributed by atoms with Crippen LogP contribution >= 0.6 is 15.9 Å². The molecular formula is C14H17BrN2. The van der Waals surface area contributed by atoms with Crippen molar-refractivity contribution in [1.82, 2.24) is 10.3 Å². The number of hydrogen-bond acceptors (Lipinski definition) is 2. The number of hydrogen-bond donors (Lipinski definition) is 1. The van der Waals surface area contributed by atoms with E-state index in [9.17, 15) is 0 Å². The first-order chi connectivity index (χ1) is 8.11. The third kappa shape index (κ3) is 2.67. The van der Waals surface area contributed by atoms with Gasteiger partial charge in [-0.2, -0.15) is 0 Å². The molecule has 0 aliphatic heterocycles. The number of aromatic nitrogens is 1. The van der Waals surface area contributed by atoms with Crippen molar-refractivity contribution in [2.75, 3.05) is 7.05 Å². The van der Waals surface area contributed by atoms with E-state index >= 15 is 0 Å². The first-order valence-electron chi connectivity index (χ1n) is 5.85. The number of nitrogens with zero attached hydrogens (tertiary/aromatic N) is 1. The maximum atomic E-state index is 4.71. The lowest BCUT2D eigenvalue weighted by Gasteiger charge is -2.11. The second kappa shape index (κ2) is 5.15.